The van der Waals surface area contributed by atoms with Gasteiger partial charge in [-0.05, 0) is 17.9 Å². The van der Waals surface area contributed by atoms with Crippen LogP contribution in [0.25, 0.3) is 0 Å². The molecule has 0 fully saturated rings. The van der Waals surface area contributed by atoms with Crippen molar-refractivity contribution in [3.63, 3.8) is 0 Å². The van der Waals surface area contributed by atoms with E-state index in [9.17, 15) is 0 Å². The maximum atomic E-state index is 6.02. The van der Waals surface area contributed by atoms with E-state index in [0.717, 1.165) is 11.3 Å². The molecule has 0 unspecified atom stereocenters. The van der Waals surface area contributed by atoms with Crippen molar-refractivity contribution < 1.29 is 0 Å². The Morgan fingerprint density at radius 2 is 2.23 bits per heavy atom. The van der Waals surface area contributed by atoms with Crippen molar-refractivity contribution in [1.82, 2.24) is 4.98 Å². The topological polar surface area (TPSA) is 12.9 Å². The Hall–Kier alpha value is -0.210. The van der Waals surface area contributed by atoms with Crippen molar-refractivity contribution in [2.45, 2.75) is 19.3 Å². The molecule has 0 amide bonds. The number of halogens is 1. The van der Waals surface area contributed by atoms with E-state index in [1.54, 1.807) is 6.20 Å². The van der Waals surface area contributed by atoms with Crippen LogP contribution in [0, 0.1) is 0 Å². The molecule has 13 heavy (non-hydrogen) atoms. The summed E-state index contributed by atoms with van der Waals surface area (Å²) in [6, 6.07) is 3.98. The van der Waals surface area contributed by atoms with Gasteiger partial charge in [-0.2, -0.15) is 11.8 Å². The Balaban J connectivity index is 2.99. The van der Waals surface area contributed by atoms with Crippen LogP contribution in [0.2, 0.25) is 5.15 Å². The second-order valence-electron chi connectivity index (χ2n) is 3.66. The van der Waals surface area contributed by atoms with E-state index < -0.39 is 0 Å². The van der Waals surface area contributed by atoms with Gasteiger partial charge in [-0.15, -0.1) is 0 Å². The molecule has 0 bridgehead atoms. The average molecular weight is 216 g/mol. The van der Waals surface area contributed by atoms with Crippen LogP contribution in [0.15, 0.2) is 18.3 Å². The van der Waals surface area contributed by atoms with Gasteiger partial charge in [0.15, 0.2) is 0 Å². The number of aromatic nitrogens is 1. The highest BCUT2D eigenvalue weighted by Gasteiger charge is 2.22. The Bertz CT molecular complexity index is 286. The minimum absolute atomic E-state index is 0.102. The first-order valence-corrected chi connectivity index (χ1v) is 5.95. The lowest BCUT2D eigenvalue weighted by atomic mass is 9.88. The number of hydrogen-bond acceptors (Lipinski definition) is 2. The van der Waals surface area contributed by atoms with Crippen LogP contribution < -0.4 is 0 Å². The molecule has 0 aliphatic carbocycles. The first-order valence-electron chi connectivity index (χ1n) is 4.18. The molecular weight excluding hydrogens is 202 g/mol. The summed E-state index contributed by atoms with van der Waals surface area (Å²) >= 11 is 7.85. The fourth-order valence-corrected chi connectivity index (χ4v) is 2.58. The van der Waals surface area contributed by atoms with Crippen molar-refractivity contribution in [1.29, 1.82) is 0 Å². The Kier molecular flexibility index (Phi) is 3.63. The molecule has 0 saturated carbocycles. The molecule has 0 aliphatic rings. The molecule has 0 spiro atoms. The van der Waals surface area contributed by atoms with E-state index in [1.807, 2.05) is 23.9 Å². The van der Waals surface area contributed by atoms with Gasteiger partial charge in [0, 0.05) is 17.4 Å². The molecule has 3 heteroatoms. The second kappa shape index (κ2) is 4.34. The smallest absolute Gasteiger partial charge is 0.132 e. The van der Waals surface area contributed by atoms with Crippen molar-refractivity contribution >= 4 is 23.4 Å². The van der Waals surface area contributed by atoms with Gasteiger partial charge >= 0.3 is 0 Å². The summed E-state index contributed by atoms with van der Waals surface area (Å²) in [6.45, 7) is 4.37. The fraction of sp³-hybridized carbons (Fsp3) is 0.500. The van der Waals surface area contributed by atoms with E-state index in [2.05, 4.69) is 25.1 Å². The third kappa shape index (κ3) is 2.61. The highest BCUT2D eigenvalue weighted by molar-refractivity contribution is 7.98. The maximum Gasteiger partial charge on any atom is 0.132 e. The fourth-order valence-electron chi connectivity index (χ4n) is 1.33. The zero-order valence-corrected chi connectivity index (χ0v) is 9.75. The number of thioether (sulfide) groups is 1. The standard InChI is InChI=1S/C10H14ClNS/c1-10(2,7-13-3)8-5-4-6-12-9(8)11/h4-6H,7H2,1-3H3. The largest absolute Gasteiger partial charge is 0.244 e. The van der Waals surface area contributed by atoms with E-state index in [4.69, 9.17) is 11.6 Å². The molecule has 0 aliphatic heterocycles. The van der Waals surface area contributed by atoms with Gasteiger partial charge in [-0.25, -0.2) is 4.98 Å². The molecule has 0 saturated heterocycles. The van der Waals surface area contributed by atoms with Crippen LogP contribution in [0.4, 0.5) is 0 Å². The van der Waals surface area contributed by atoms with E-state index in [1.165, 1.54) is 0 Å². The van der Waals surface area contributed by atoms with E-state index in [0.29, 0.717) is 5.15 Å². The van der Waals surface area contributed by atoms with Gasteiger partial charge < -0.3 is 0 Å². The molecule has 0 aromatic carbocycles. The van der Waals surface area contributed by atoms with Crippen LogP contribution in [0.1, 0.15) is 19.4 Å². The molecule has 1 nitrogen and oxygen atoms in total. The average Bonchev–Trinajstić information content (AvgIpc) is 2.04. The predicted octanol–water partition coefficient (Wildman–Crippen LogP) is 3.38. The number of rotatable bonds is 3. The van der Waals surface area contributed by atoms with Gasteiger partial charge in [0.2, 0.25) is 0 Å². The van der Waals surface area contributed by atoms with Crippen molar-refractivity contribution in [3.05, 3.63) is 29.0 Å². The van der Waals surface area contributed by atoms with Crippen LogP contribution in [0.5, 0.6) is 0 Å². The molecule has 0 atom stereocenters. The number of nitrogens with zero attached hydrogens (tertiary/aromatic N) is 1. The van der Waals surface area contributed by atoms with Gasteiger partial charge in [0.05, 0.1) is 0 Å². The number of hydrogen-bond donors (Lipinski definition) is 0. The molecule has 1 aromatic rings. The lowest BCUT2D eigenvalue weighted by molar-refractivity contribution is 0.600. The van der Waals surface area contributed by atoms with Crippen LogP contribution >= 0.6 is 23.4 Å². The normalized spacial score (nSPS) is 11.7. The third-order valence-corrected chi connectivity index (χ3v) is 3.30. The summed E-state index contributed by atoms with van der Waals surface area (Å²) in [5.74, 6) is 1.05. The Labute approximate surface area is 88.9 Å². The third-order valence-electron chi connectivity index (χ3n) is 1.99. The summed E-state index contributed by atoms with van der Waals surface area (Å²) in [6.07, 6.45) is 3.83. The molecule has 1 heterocycles. The van der Waals surface area contributed by atoms with Gasteiger partial charge in [-0.3, -0.25) is 0 Å². The maximum absolute atomic E-state index is 6.02. The monoisotopic (exact) mass is 215 g/mol. The van der Waals surface area contributed by atoms with Gasteiger partial charge in [0.25, 0.3) is 0 Å². The minimum atomic E-state index is 0.102. The molecule has 1 rings (SSSR count). The quantitative estimate of drug-likeness (QED) is 0.718. The molecule has 0 N–H and O–H groups in total. The molecule has 72 valence electrons. The lowest BCUT2D eigenvalue weighted by Gasteiger charge is -2.24. The van der Waals surface area contributed by atoms with Crippen molar-refractivity contribution in [3.8, 4) is 0 Å². The SMILES string of the molecule is CSCC(C)(C)c1cccnc1Cl. The summed E-state index contributed by atoms with van der Waals surface area (Å²) < 4.78 is 0. The Morgan fingerprint density at radius 1 is 1.54 bits per heavy atom. The first kappa shape index (κ1) is 10.9. The zero-order valence-electron chi connectivity index (χ0n) is 8.17. The lowest BCUT2D eigenvalue weighted by Crippen LogP contribution is -2.21. The predicted molar refractivity (Wildman–Crippen MR) is 60.7 cm³/mol. The summed E-state index contributed by atoms with van der Waals surface area (Å²) in [7, 11) is 0. The van der Waals surface area contributed by atoms with Crippen LogP contribution in [-0.4, -0.2) is 17.0 Å². The van der Waals surface area contributed by atoms with Gasteiger partial charge in [0.1, 0.15) is 5.15 Å². The molecular formula is C10H14ClNS. The minimum Gasteiger partial charge on any atom is -0.244 e. The summed E-state index contributed by atoms with van der Waals surface area (Å²) in [5, 5.41) is 0.626. The van der Waals surface area contributed by atoms with Gasteiger partial charge in [-0.1, -0.05) is 31.5 Å². The summed E-state index contributed by atoms with van der Waals surface area (Å²) in [4.78, 5) is 4.08. The summed E-state index contributed by atoms with van der Waals surface area (Å²) in [5.41, 5.74) is 1.23. The van der Waals surface area contributed by atoms with E-state index >= 15 is 0 Å². The molecule has 0 radical (unpaired) electrons. The van der Waals surface area contributed by atoms with Crippen LogP contribution in [0.3, 0.4) is 0 Å². The number of pyridine rings is 1. The van der Waals surface area contributed by atoms with Crippen molar-refractivity contribution in [2.24, 2.45) is 0 Å². The van der Waals surface area contributed by atoms with E-state index in [-0.39, 0.29) is 5.41 Å². The highest BCUT2D eigenvalue weighted by Crippen LogP contribution is 2.30. The second-order valence-corrected chi connectivity index (χ2v) is 4.88. The van der Waals surface area contributed by atoms with Crippen LogP contribution in [-0.2, 0) is 5.41 Å². The van der Waals surface area contributed by atoms with Crippen molar-refractivity contribution in [2.75, 3.05) is 12.0 Å². The Morgan fingerprint density at radius 3 is 2.77 bits per heavy atom. The zero-order chi connectivity index (χ0) is 9.90. The first-order chi connectivity index (χ1) is 6.08. The molecule has 1 aromatic heterocycles. The highest BCUT2D eigenvalue weighted by atomic mass is 35.5.